The molecule has 0 radical (unpaired) electrons. The summed E-state index contributed by atoms with van der Waals surface area (Å²) in [6.45, 7) is 1.08. The first kappa shape index (κ1) is 20.4. The number of benzene rings is 2. The third-order valence-corrected chi connectivity index (χ3v) is 4.81. The highest BCUT2D eigenvalue weighted by Crippen LogP contribution is 2.31. The lowest BCUT2D eigenvalue weighted by Gasteiger charge is -2.26. The Morgan fingerprint density at radius 1 is 1.11 bits per heavy atom. The van der Waals surface area contributed by atoms with Gasteiger partial charge in [0.1, 0.15) is 5.75 Å². The first-order valence-corrected chi connectivity index (χ1v) is 9.37. The van der Waals surface area contributed by atoms with Gasteiger partial charge >= 0.3 is 0 Å². The second kappa shape index (κ2) is 9.27. The monoisotopic (exact) mass is 492 g/mol. The molecule has 2 aliphatic rings. The fourth-order valence-electron chi connectivity index (χ4n) is 3.20. The number of guanidine groups is 1. The Hall–Kier alpha value is -2.29. The van der Waals surface area contributed by atoms with E-state index in [1.54, 1.807) is 0 Å². The van der Waals surface area contributed by atoms with E-state index in [9.17, 15) is 4.79 Å². The number of aliphatic imine (C=N–C) groups is 1. The Balaban J connectivity index is 0.00000225. The predicted octanol–water partition coefficient (Wildman–Crippen LogP) is 3.12. The summed E-state index contributed by atoms with van der Waals surface area (Å²) in [4.78, 5) is 16.6. The van der Waals surface area contributed by atoms with Crippen molar-refractivity contribution >= 4 is 35.8 Å². The number of ether oxygens (including phenoxy) is 1. The topological polar surface area (TPSA) is 88.7 Å². The summed E-state index contributed by atoms with van der Waals surface area (Å²) in [5, 5.41) is 6.29. The Morgan fingerprint density at radius 2 is 1.93 bits per heavy atom. The van der Waals surface area contributed by atoms with Crippen molar-refractivity contribution in [3.8, 4) is 5.75 Å². The first-order chi connectivity index (χ1) is 13.2. The minimum Gasteiger partial charge on any atom is -0.493 e. The molecule has 0 spiro atoms. The van der Waals surface area contributed by atoms with Crippen LogP contribution in [0.15, 0.2) is 53.5 Å². The van der Waals surface area contributed by atoms with E-state index in [0.717, 1.165) is 36.1 Å². The Kier molecular flexibility index (Phi) is 6.77. The number of hydrogen-bond donors (Lipinski definition) is 3. The molecule has 1 amide bonds. The number of rotatable bonds is 5. The highest BCUT2D eigenvalue weighted by atomic mass is 127. The normalized spacial score (nSPS) is 18.3. The Bertz CT molecular complexity index is 867. The number of nitrogens with one attached hydrogen (secondary N) is 2. The maximum absolute atomic E-state index is 12.2. The molecule has 1 saturated carbocycles. The smallest absolute Gasteiger partial charge is 0.251 e. The van der Waals surface area contributed by atoms with Crippen LogP contribution in [0.25, 0.3) is 0 Å². The van der Waals surface area contributed by atoms with Crippen LogP contribution in [0.5, 0.6) is 5.75 Å². The predicted molar refractivity (Wildman–Crippen MR) is 120 cm³/mol. The molecule has 6 nitrogen and oxygen atoms in total. The van der Waals surface area contributed by atoms with Gasteiger partial charge in [0.2, 0.25) is 0 Å². The second-order valence-electron chi connectivity index (χ2n) is 7.02. The van der Waals surface area contributed by atoms with E-state index >= 15 is 0 Å². The molecule has 1 aliphatic carbocycles. The lowest BCUT2D eigenvalue weighted by Crippen LogP contribution is -2.37. The number of carbonyl (C=O) groups excluding carboxylic acids is 1. The fraction of sp³-hybridized carbons (Fsp3) is 0.333. The fourth-order valence-corrected chi connectivity index (χ4v) is 3.20. The summed E-state index contributed by atoms with van der Waals surface area (Å²) >= 11 is 0. The van der Waals surface area contributed by atoms with Gasteiger partial charge in [0.25, 0.3) is 5.91 Å². The second-order valence-corrected chi connectivity index (χ2v) is 7.02. The van der Waals surface area contributed by atoms with Crippen LogP contribution in [0.2, 0.25) is 0 Å². The van der Waals surface area contributed by atoms with Gasteiger partial charge in [-0.15, -0.1) is 24.0 Å². The van der Waals surface area contributed by atoms with Gasteiger partial charge in [-0.3, -0.25) is 4.79 Å². The molecule has 4 N–H and O–H groups in total. The van der Waals surface area contributed by atoms with Crippen LogP contribution in [0.4, 0.5) is 0 Å². The van der Waals surface area contributed by atoms with E-state index in [2.05, 4.69) is 15.6 Å². The molecule has 148 valence electrons. The van der Waals surface area contributed by atoms with Crippen molar-refractivity contribution in [2.24, 2.45) is 10.7 Å². The van der Waals surface area contributed by atoms with E-state index in [1.807, 2.05) is 48.5 Å². The van der Waals surface area contributed by atoms with Crippen LogP contribution in [0.1, 0.15) is 46.8 Å². The molecule has 1 atom stereocenters. The van der Waals surface area contributed by atoms with Crippen LogP contribution in [-0.4, -0.2) is 24.5 Å². The molecule has 2 aromatic rings. The highest BCUT2D eigenvalue weighted by Gasteiger charge is 2.24. The maximum Gasteiger partial charge on any atom is 0.251 e. The number of amides is 1. The molecule has 2 aromatic carbocycles. The van der Waals surface area contributed by atoms with Gasteiger partial charge in [-0.05, 0) is 36.6 Å². The number of hydrogen-bond acceptors (Lipinski definition) is 3. The van der Waals surface area contributed by atoms with Crippen molar-refractivity contribution in [1.82, 2.24) is 10.6 Å². The third-order valence-electron chi connectivity index (χ3n) is 4.81. The summed E-state index contributed by atoms with van der Waals surface area (Å²) in [7, 11) is 0. The molecule has 7 heteroatoms. The minimum atomic E-state index is -0.0201. The zero-order valence-electron chi connectivity index (χ0n) is 15.6. The van der Waals surface area contributed by atoms with Crippen LogP contribution in [0, 0.1) is 0 Å². The Labute approximate surface area is 182 Å². The molecule has 4 rings (SSSR count). The van der Waals surface area contributed by atoms with Gasteiger partial charge in [0.15, 0.2) is 5.96 Å². The van der Waals surface area contributed by atoms with E-state index < -0.39 is 0 Å². The number of nitrogens with zero attached hydrogens (tertiary/aromatic N) is 1. The number of nitrogens with two attached hydrogens (primary N) is 1. The average molecular weight is 492 g/mol. The van der Waals surface area contributed by atoms with Gasteiger partial charge in [-0.25, -0.2) is 4.99 Å². The summed E-state index contributed by atoms with van der Waals surface area (Å²) in [6.07, 6.45) is 2.99. The van der Waals surface area contributed by atoms with E-state index in [0.29, 0.717) is 30.7 Å². The molecule has 0 saturated heterocycles. The van der Waals surface area contributed by atoms with Crippen molar-refractivity contribution in [2.75, 3.05) is 6.61 Å². The number of halogens is 1. The summed E-state index contributed by atoms with van der Waals surface area (Å²) in [5.74, 6) is 1.27. The SMILES string of the molecule is I.NC(=NCc1cccc(C(=O)NC2CC2)c1)NC1CCOc2ccccc21. The zero-order chi connectivity index (χ0) is 18.6. The molecule has 1 fully saturated rings. The van der Waals surface area contributed by atoms with Crippen LogP contribution < -0.4 is 21.1 Å². The van der Waals surface area contributed by atoms with Crippen LogP contribution >= 0.6 is 24.0 Å². The third kappa shape index (κ3) is 5.15. The lowest BCUT2D eigenvalue weighted by molar-refractivity contribution is 0.0951. The zero-order valence-corrected chi connectivity index (χ0v) is 17.9. The lowest BCUT2D eigenvalue weighted by atomic mass is 10.0. The van der Waals surface area contributed by atoms with Gasteiger partial charge in [-0.1, -0.05) is 30.3 Å². The highest BCUT2D eigenvalue weighted by molar-refractivity contribution is 14.0. The average Bonchev–Trinajstić information content (AvgIpc) is 3.51. The van der Waals surface area contributed by atoms with Crippen molar-refractivity contribution in [3.63, 3.8) is 0 Å². The molecule has 1 unspecified atom stereocenters. The minimum absolute atomic E-state index is 0. The van der Waals surface area contributed by atoms with Gasteiger partial charge in [-0.2, -0.15) is 0 Å². The molecule has 0 aromatic heterocycles. The summed E-state index contributed by atoms with van der Waals surface area (Å²) in [6, 6.07) is 15.9. The van der Waals surface area contributed by atoms with Crippen LogP contribution in [0.3, 0.4) is 0 Å². The van der Waals surface area contributed by atoms with E-state index in [4.69, 9.17) is 10.5 Å². The molecule has 28 heavy (non-hydrogen) atoms. The van der Waals surface area contributed by atoms with Crippen molar-refractivity contribution in [3.05, 3.63) is 65.2 Å². The summed E-state index contributed by atoms with van der Waals surface area (Å²) < 4.78 is 5.67. The van der Waals surface area contributed by atoms with Gasteiger partial charge < -0.3 is 21.1 Å². The largest absolute Gasteiger partial charge is 0.493 e. The van der Waals surface area contributed by atoms with Crippen molar-refractivity contribution < 1.29 is 9.53 Å². The quantitative estimate of drug-likeness (QED) is 0.340. The van der Waals surface area contributed by atoms with Gasteiger partial charge in [0.05, 0.1) is 19.2 Å². The first-order valence-electron chi connectivity index (χ1n) is 9.37. The summed E-state index contributed by atoms with van der Waals surface area (Å²) in [5.41, 5.74) is 8.82. The number of carbonyl (C=O) groups is 1. The molecule has 1 heterocycles. The van der Waals surface area contributed by atoms with Crippen molar-refractivity contribution in [2.45, 2.75) is 37.9 Å². The molecular weight excluding hydrogens is 467 g/mol. The molecule has 0 bridgehead atoms. The van der Waals surface area contributed by atoms with Gasteiger partial charge in [0, 0.05) is 23.6 Å². The molecule has 1 aliphatic heterocycles. The van der Waals surface area contributed by atoms with E-state index in [-0.39, 0.29) is 35.9 Å². The Morgan fingerprint density at radius 3 is 2.75 bits per heavy atom. The number of fused-ring (bicyclic) bond motifs is 1. The maximum atomic E-state index is 12.2. The number of para-hydroxylation sites is 1. The van der Waals surface area contributed by atoms with Crippen LogP contribution in [-0.2, 0) is 6.54 Å². The standard InChI is InChI=1S/C21H24N4O2.HI/c22-21(25-18-10-11-27-19-7-2-1-6-17(18)19)23-13-14-4-3-5-15(12-14)20(26)24-16-8-9-16;/h1-7,12,16,18H,8-11,13H2,(H,24,26)(H3,22,23,25);1H. The molecular formula is C21H25IN4O2. The van der Waals surface area contributed by atoms with E-state index in [1.165, 1.54) is 0 Å². The van der Waals surface area contributed by atoms with Crippen molar-refractivity contribution in [1.29, 1.82) is 0 Å².